The highest BCUT2D eigenvalue weighted by molar-refractivity contribution is 5.70. The lowest BCUT2D eigenvalue weighted by Gasteiger charge is -2.42. The average Bonchev–Trinajstić information content (AvgIpc) is 2.80. The SMILES string of the molecule is CC(C)[C@H](C1CC(Cc2ccccc2)CC(=O)O1)N(Cc1ccccc1)Cc1ccccc1. The molecule has 0 amide bonds. The van der Waals surface area contributed by atoms with Gasteiger partial charge in [-0.3, -0.25) is 9.69 Å². The summed E-state index contributed by atoms with van der Waals surface area (Å²) in [5, 5.41) is 0. The number of rotatable bonds is 9. The standard InChI is InChI=1S/C30H35NO2/c1-23(2)30(28-19-27(20-29(32)33-28)18-24-12-6-3-7-13-24)31(21-25-14-8-4-9-15-25)22-26-16-10-5-11-17-26/h3-17,23,27-28,30H,18-22H2,1-2H3/t27?,28?,30-/m1/s1. The Labute approximate surface area is 198 Å². The minimum atomic E-state index is -0.104. The Bertz CT molecular complexity index is 946. The molecule has 0 radical (unpaired) electrons. The number of carbonyl (C=O) groups excluding carboxylic acids is 1. The van der Waals surface area contributed by atoms with Gasteiger partial charge in [-0.25, -0.2) is 0 Å². The third-order valence-corrected chi connectivity index (χ3v) is 6.61. The second-order valence-electron chi connectivity index (χ2n) is 9.63. The van der Waals surface area contributed by atoms with E-state index in [4.69, 9.17) is 4.74 Å². The van der Waals surface area contributed by atoms with E-state index in [-0.39, 0.29) is 18.1 Å². The lowest BCUT2D eigenvalue weighted by Crippen LogP contribution is -2.50. The first-order valence-electron chi connectivity index (χ1n) is 12.1. The Kier molecular flexibility index (Phi) is 7.96. The number of ether oxygens (including phenoxy) is 1. The maximum absolute atomic E-state index is 12.7. The maximum atomic E-state index is 12.7. The third kappa shape index (κ3) is 6.55. The summed E-state index contributed by atoms with van der Waals surface area (Å²) in [6, 6.07) is 31.9. The van der Waals surface area contributed by atoms with Crippen LogP contribution in [-0.2, 0) is 29.0 Å². The number of carbonyl (C=O) groups is 1. The van der Waals surface area contributed by atoms with Crippen LogP contribution < -0.4 is 0 Å². The highest BCUT2D eigenvalue weighted by atomic mass is 16.5. The highest BCUT2D eigenvalue weighted by Gasteiger charge is 2.38. The zero-order valence-corrected chi connectivity index (χ0v) is 19.8. The maximum Gasteiger partial charge on any atom is 0.306 e. The smallest absolute Gasteiger partial charge is 0.306 e. The first-order chi connectivity index (χ1) is 16.1. The Balaban J connectivity index is 1.58. The van der Waals surface area contributed by atoms with Gasteiger partial charge in [0.25, 0.3) is 0 Å². The van der Waals surface area contributed by atoms with Gasteiger partial charge in [0.2, 0.25) is 0 Å². The van der Waals surface area contributed by atoms with E-state index >= 15 is 0 Å². The van der Waals surface area contributed by atoms with Crippen molar-refractivity contribution in [3.63, 3.8) is 0 Å². The van der Waals surface area contributed by atoms with Gasteiger partial charge in [0.15, 0.2) is 0 Å². The normalized spacial score (nSPS) is 19.5. The van der Waals surface area contributed by atoms with Crippen molar-refractivity contribution in [1.82, 2.24) is 4.90 Å². The predicted molar refractivity (Wildman–Crippen MR) is 134 cm³/mol. The van der Waals surface area contributed by atoms with Gasteiger partial charge in [-0.15, -0.1) is 0 Å². The van der Waals surface area contributed by atoms with Crippen molar-refractivity contribution < 1.29 is 9.53 Å². The molecule has 2 unspecified atom stereocenters. The molecule has 3 nitrogen and oxygen atoms in total. The molecular formula is C30H35NO2. The van der Waals surface area contributed by atoms with Crippen molar-refractivity contribution in [3.05, 3.63) is 108 Å². The van der Waals surface area contributed by atoms with Crippen LogP contribution in [0.4, 0.5) is 0 Å². The van der Waals surface area contributed by atoms with Gasteiger partial charge in [-0.2, -0.15) is 0 Å². The lowest BCUT2D eigenvalue weighted by atomic mass is 9.83. The monoisotopic (exact) mass is 441 g/mol. The fourth-order valence-electron chi connectivity index (χ4n) is 5.21. The molecule has 1 aliphatic rings. The van der Waals surface area contributed by atoms with Crippen molar-refractivity contribution in [1.29, 1.82) is 0 Å². The summed E-state index contributed by atoms with van der Waals surface area (Å²) in [7, 11) is 0. The molecule has 1 heterocycles. The van der Waals surface area contributed by atoms with Crippen molar-refractivity contribution in [2.45, 2.75) is 58.3 Å². The third-order valence-electron chi connectivity index (χ3n) is 6.61. The van der Waals surface area contributed by atoms with Crippen LogP contribution in [0.15, 0.2) is 91.0 Å². The molecule has 3 aromatic rings. The Morgan fingerprint density at radius 2 is 1.27 bits per heavy atom. The van der Waals surface area contributed by atoms with E-state index in [2.05, 4.69) is 104 Å². The van der Waals surface area contributed by atoms with Crippen LogP contribution in [0.1, 0.15) is 43.4 Å². The highest BCUT2D eigenvalue weighted by Crippen LogP contribution is 2.32. The topological polar surface area (TPSA) is 29.5 Å². The zero-order valence-electron chi connectivity index (χ0n) is 19.8. The first-order valence-corrected chi connectivity index (χ1v) is 12.1. The predicted octanol–water partition coefficient (Wildman–Crippen LogP) is 6.28. The summed E-state index contributed by atoms with van der Waals surface area (Å²) in [6.45, 7) is 6.16. The Hall–Kier alpha value is -2.91. The molecule has 0 bridgehead atoms. The quantitative estimate of drug-likeness (QED) is 0.366. The summed E-state index contributed by atoms with van der Waals surface area (Å²) in [5.41, 5.74) is 3.85. The summed E-state index contributed by atoms with van der Waals surface area (Å²) < 4.78 is 6.05. The Morgan fingerprint density at radius 3 is 1.76 bits per heavy atom. The molecule has 1 saturated heterocycles. The Morgan fingerprint density at radius 1 is 0.788 bits per heavy atom. The van der Waals surface area contributed by atoms with Crippen LogP contribution in [0.5, 0.6) is 0 Å². The van der Waals surface area contributed by atoms with Crippen LogP contribution in [0.25, 0.3) is 0 Å². The second-order valence-corrected chi connectivity index (χ2v) is 9.63. The molecule has 4 rings (SSSR count). The first kappa shape index (κ1) is 23.3. The average molecular weight is 442 g/mol. The van der Waals surface area contributed by atoms with Crippen LogP contribution in [-0.4, -0.2) is 23.0 Å². The van der Waals surface area contributed by atoms with Crippen molar-refractivity contribution >= 4 is 5.97 Å². The molecule has 33 heavy (non-hydrogen) atoms. The van der Waals surface area contributed by atoms with Crippen LogP contribution in [0, 0.1) is 11.8 Å². The van der Waals surface area contributed by atoms with Gasteiger partial charge >= 0.3 is 5.97 Å². The van der Waals surface area contributed by atoms with Crippen LogP contribution in [0.2, 0.25) is 0 Å². The fourth-order valence-corrected chi connectivity index (χ4v) is 5.21. The lowest BCUT2D eigenvalue weighted by molar-refractivity contribution is -0.163. The van der Waals surface area contributed by atoms with E-state index in [1.807, 2.05) is 6.07 Å². The van der Waals surface area contributed by atoms with E-state index in [1.165, 1.54) is 16.7 Å². The van der Waals surface area contributed by atoms with Crippen molar-refractivity contribution in [2.24, 2.45) is 11.8 Å². The molecule has 0 N–H and O–H groups in total. The van der Waals surface area contributed by atoms with Crippen LogP contribution >= 0.6 is 0 Å². The molecule has 172 valence electrons. The molecule has 3 atom stereocenters. The molecule has 1 aliphatic heterocycles. The number of esters is 1. The van der Waals surface area contributed by atoms with Gasteiger partial charge in [0.1, 0.15) is 6.10 Å². The number of hydrogen-bond donors (Lipinski definition) is 0. The van der Waals surface area contributed by atoms with E-state index in [0.717, 1.165) is 25.9 Å². The molecule has 0 aromatic heterocycles. The van der Waals surface area contributed by atoms with Gasteiger partial charge in [-0.1, -0.05) is 105 Å². The minimum absolute atomic E-state index is 0.0581. The van der Waals surface area contributed by atoms with Crippen molar-refractivity contribution in [2.75, 3.05) is 0 Å². The van der Waals surface area contributed by atoms with E-state index in [0.29, 0.717) is 18.3 Å². The molecule has 3 heteroatoms. The minimum Gasteiger partial charge on any atom is -0.461 e. The van der Waals surface area contributed by atoms with Crippen LogP contribution in [0.3, 0.4) is 0 Å². The van der Waals surface area contributed by atoms with Gasteiger partial charge in [0, 0.05) is 25.6 Å². The van der Waals surface area contributed by atoms with Gasteiger partial charge in [-0.05, 0) is 41.4 Å². The number of hydrogen-bond acceptors (Lipinski definition) is 3. The van der Waals surface area contributed by atoms with E-state index in [9.17, 15) is 4.79 Å². The number of benzene rings is 3. The molecule has 0 saturated carbocycles. The molecular weight excluding hydrogens is 406 g/mol. The summed E-state index contributed by atoms with van der Waals surface area (Å²) in [5.74, 6) is 0.609. The molecule has 0 spiro atoms. The molecule has 1 fully saturated rings. The number of cyclic esters (lactones) is 1. The zero-order chi connectivity index (χ0) is 23.0. The van der Waals surface area contributed by atoms with Crippen molar-refractivity contribution in [3.8, 4) is 0 Å². The van der Waals surface area contributed by atoms with Gasteiger partial charge in [0.05, 0.1) is 0 Å². The largest absolute Gasteiger partial charge is 0.461 e. The molecule has 3 aromatic carbocycles. The van der Waals surface area contributed by atoms with Gasteiger partial charge < -0.3 is 4.74 Å². The number of nitrogens with zero attached hydrogens (tertiary/aromatic N) is 1. The summed E-state index contributed by atoms with van der Waals surface area (Å²) >= 11 is 0. The summed E-state index contributed by atoms with van der Waals surface area (Å²) in [6.07, 6.45) is 2.23. The fraction of sp³-hybridized carbons (Fsp3) is 0.367. The molecule has 0 aliphatic carbocycles. The van der Waals surface area contributed by atoms with E-state index in [1.54, 1.807) is 0 Å². The van der Waals surface area contributed by atoms with E-state index < -0.39 is 0 Å². The second kappa shape index (κ2) is 11.3. The summed E-state index contributed by atoms with van der Waals surface area (Å²) in [4.78, 5) is 15.2.